The van der Waals surface area contributed by atoms with Crippen molar-refractivity contribution in [1.82, 2.24) is 0 Å². The average Bonchev–Trinajstić information content (AvgIpc) is 2.44. The van der Waals surface area contributed by atoms with Crippen LogP contribution in [0.25, 0.3) is 0 Å². The second-order valence-electron chi connectivity index (χ2n) is 4.55. The molecular formula is C15H13Br2F2NO. The summed E-state index contributed by atoms with van der Waals surface area (Å²) in [5, 5.41) is 13.0. The van der Waals surface area contributed by atoms with Crippen molar-refractivity contribution in [2.45, 2.75) is 19.4 Å². The van der Waals surface area contributed by atoms with E-state index in [4.69, 9.17) is 0 Å². The van der Waals surface area contributed by atoms with Crippen LogP contribution in [0.2, 0.25) is 0 Å². The maximum Gasteiger partial charge on any atom is 0.149 e. The predicted molar refractivity (Wildman–Crippen MR) is 86.5 cm³/mol. The number of anilines is 1. The Labute approximate surface area is 138 Å². The van der Waals surface area contributed by atoms with E-state index in [-0.39, 0.29) is 22.0 Å². The van der Waals surface area contributed by atoms with Crippen molar-refractivity contribution >= 4 is 37.5 Å². The Hall–Kier alpha value is -1.14. The van der Waals surface area contributed by atoms with Gasteiger partial charge in [-0.05, 0) is 46.6 Å². The van der Waals surface area contributed by atoms with Crippen LogP contribution < -0.4 is 5.32 Å². The molecule has 0 aliphatic heterocycles. The highest BCUT2D eigenvalue weighted by Gasteiger charge is 2.17. The van der Waals surface area contributed by atoms with E-state index in [1.54, 1.807) is 18.2 Å². The molecule has 0 fully saturated rings. The molecule has 0 bridgehead atoms. The van der Waals surface area contributed by atoms with Gasteiger partial charge in [0.1, 0.15) is 17.4 Å². The summed E-state index contributed by atoms with van der Waals surface area (Å²) >= 11 is 6.38. The maximum atomic E-state index is 13.8. The second kappa shape index (κ2) is 6.75. The summed E-state index contributed by atoms with van der Waals surface area (Å²) in [6, 6.07) is 6.94. The number of rotatable bonds is 4. The molecule has 2 aromatic rings. The molecule has 0 amide bonds. The largest absolute Gasteiger partial charge is 0.508 e. The zero-order valence-electron chi connectivity index (χ0n) is 11.1. The van der Waals surface area contributed by atoms with E-state index in [0.717, 1.165) is 10.5 Å². The van der Waals surface area contributed by atoms with Crippen LogP contribution in [0.4, 0.5) is 14.5 Å². The number of halogens is 4. The lowest BCUT2D eigenvalue weighted by atomic mass is 10.0. The Kier molecular flexibility index (Phi) is 5.22. The van der Waals surface area contributed by atoms with Gasteiger partial charge in [-0.1, -0.05) is 22.9 Å². The Morgan fingerprint density at radius 2 is 1.86 bits per heavy atom. The summed E-state index contributed by atoms with van der Waals surface area (Å²) in [5.41, 5.74) is 0.821. The van der Waals surface area contributed by atoms with Gasteiger partial charge in [0, 0.05) is 16.1 Å². The van der Waals surface area contributed by atoms with Crippen molar-refractivity contribution in [3.05, 3.63) is 56.5 Å². The number of hydrogen-bond acceptors (Lipinski definition) is 2. The van der Waals surface area contributed by atoms with E-state index in [9.17, 15) is 13.9 Å². The average molecular weight is 421 g/mol. The molecule has 6 heteroatoms. The van der Waals surface area contributed by atoms with Gasteiger partial charge in [0.2, 0.25) is 0 Å². The zero-order valence-corrected chi connectivity index (χ0v) is 14.3. The van der Waals surface area contributed by atoms with Gasteiger partial charge in [-0.15, -0.1) is 0 Å². The fraction of sp³-hybridized carbons (Fsp3) is 0.200. The lowest BCUT2D eigenvalue weighted by molar-refractivity contribution is 0.462. The number of phenolic OH excluding ortho intramolecular Hbond substituents is 1. The third kappa shape index (κ3) is 3.74. The normalized spacial score (nSPS) is 12.2. The smallest absolute Gasteiger partial charge is 0.149 e. The first kappa shape index (κ1) is 16.2. The summed E-state index contributed by atoms with van der Waals surface area (Å²) < 4.78 is 28.1. The number of aromatic hydroxyl groups is 1. The van der Waals surface area contributed by atoms with E-state index in [1.165, 1.54) is 6.07 Å². The van der Waals surface area contributed by atoms with Crippen molar-refractivity contribution in [2.24, 2.45) is 0 Å². The van der Waals surface area contributed by atoms with Crippen molar-refractivity contribution in [3.63, 3.8) is 0 Å². The highest BCUT2D eigenvalue weighted by molar-refractivity contribution is 9.10. The lowest BCUT2D eigenvalue weighted by Gasteiger charge is -2.20. The molecule has 0 spiro atoms. The molecule has 2 rings (SSSR count). The van der Waals surface area contributed by atoms with Crippen molar-refractivity contribution in [1.29, 1.82) is 0 Å². The van der Waals surface area contributed by atoms with Crippen molar-refractivity contribution < 1.29 is 13.9 Å². The molecule has 0 aliphatic carbocycles. The first-order valence-electron chi connectivity index (χ1n) is 6.31. The molecule has 0 heterocycles. The molecule has 21 heavy (non-hydrogen) atoms. The van der Waals surface area contributed by atoms with E-state index < -0.39 is 11.6 Å². The van der Waals surface area contributed by atoms with Crippen LogP contribution in [0, 0.1) is 11.6 Å². The third-order valence-corrected chi connectivity index (χ3v) is 4.21. The topological polar surface area (TPSA) is 32.3 Å². The van der Waals surface area contributed by atoms with Crippen LogP contribution in [-0.4, -0.2) is 5.11 Å². The number of hydrogen-bond donors (Lipinski definition) is 2. The van der Waals surface area contributed by atoms with Gasteiger partial charge >= 0.3 is 0 Å². The van der Waals surface area contributed by atoms with Crippen LogP contribution >= 0.6 is 31.9 Å². The quantitative estimate of drug-likeness (QED) is 0.616. The molecule has 0 aliphatic rings. The van der Waals surface area contributed by atoms with Crippen LogP contribution in [-0.2, 0) is 0 Å². The van der Waals surface area contributed by atoms with E-state index in [2.05, 4.69) is 37.2 Å². The highest BCUT2D eigenvalue weighted by Crippen LogP contribution is 2.33. The van der Waals surface area contributed by atoms with E-state index >= 15 is 0 Å². The molecule has 0 aromatic heterocycles. The fourth-order valence-corrected chi connectivity index (χ4v) is 2.75. The minimum atomic E-state index is -0.677. The van der Waals surface area contributed by atoms with Gasteiger partial charge in [0.15, 0.2) is 0 Å². The van der Waals surface area contributed by atoms with Gasteiger partial charge in [-0.2, -0.15) is 0 Å². The molecule has 0 saturated heterocycles. The Morgan fingerprint density at radius 1 is 1.14 bits per heavy atom. The predicted octanol–water partition coefficient (Wildman–Crippen LogP) is 5.76. The zero-order chi connectivity index (χ0) is 15.6. The van der Waals surface area contributed by atoms with Crippen molar-refractivity contribution in [2.75, 3.05) is 5.32 Å². The molecular weight excluding hydrogens is 408 g/mol. The number of nitrogens with one attached hydrogen (secondary N) is 1. The standard InChI is InChI=1S/C15H13Br2F2NO/c1-2-13(9-5-8(16)3-4-15(9)21)20-14-6-10(17)11(18)7-12(14)19/h3-7,13,20-21H,2H2,1H3. The van der Waals surface area contributed by atoms with Gasteiger partial charge < -0.3 is 10.4 Å². The first-order chi connectivity index (χ1) is 9.92. The molecule has 2 aromatic carbocycles. The Morgan fingerprint density at radius 3 is 2.52 bits per heavy atom. The summed E-state index contributed by atoms with van der Waals surface area (Å²) in [7, 11) is 0. The summed E-state index contributed by atoms with van der Waals surface area (Å²) in [4.78, 5) is 0. The molecule has 1 unspecified atom stereocenters. The van der Waals surface area contributed by atoms with Crippen molar-refractivity contribution in [3.8, 4) is 5.75 Å². The van der Waals surface area contributed by atoms with Crippen LogP contribution in [0.5, 0.6) is 5.75 Å². The maximum absolute atomic E-state index is 13.8. The Balaban J connectivity index is 2.35. The number of benzene rings is 2. The molecule has 0 radical (unpaired) electrons. The summed E-state index contributed by atoms with van der Waals surface area (Å²) in [6.45, 7) is 1.91. The minimum Gasteiger partial charge on any atom is -0.508 e. The van der Waals surface area contributed by atoms with Gasteiger partial charge in [0.25, 0.3) is 0 Å². The number of phenols is 1. The van der Waals surface area contributed by atoms with E-state index in [1.807, 2.05) is 6.92 Å². The SMILES string of the molecule is CCC(Nc1cc(Br)c(F)cc1F)c1cc(Br)ccc1O. The highest BCUT2D eigenvalue weighted by atomic mass is 79.9. The minimum absolute atomic E-state index is 0.124. The lowest BCUT2D eigenvalue weighted by Crippen LogP contribution is -2.11. The van der Waals surface area contributed by atoms with Crippen LogP contribution in [0.15, 0.2) is 39.3 Å². The first-order valence-corrected chi connectivity index (χ1v) is 7.90. The van der Waals surface area contributed by atoms with E-state index in [0.29, 0.717) is 12.0 Å². The summed E-state index contributed by atoms with van der Waals surface area (Å²) in [6.07, 6.45) is 0.623. The third-order valence-electron chi connectivity index (χ3n) is 3.11. The van der Waals surface area contributed by atoms with Crippen LogP contribution in [0.1, 0.15) is 24.9 Å². The molecule has 112 valence electrons. The molecule has 0 saturated carbocycles. The molecule has 2 N–H and O–H groups in total. The van der Waals surface area contributed by atoms with Crippen LogP contribution in [0.3, 0.4) is 0 Å². The second-order valence-corrected chi connectivity index (χ2v) is 6.32. The van der Waals surface area contributed by atoms with Gasteiger partial charge in [-0.3, -0.25) is 0 Å². The summed E-state index contributed by atoms with van der Waals surface area (Å²) in [5.74, 6) is -1.21. The fourth-order valence-electron chi connectivity index (χ4n) is 2.03. The molecule has 2 nitrogen and oxygen atoms in total. The van der Waals surface area contributed by atoms with Gasteiger partial charge in [0.05, 0.1) is 16.2 Å². The Bertz CT molecular complexity index is 664. The van der Waals surface area contributed by atoms with Gasteiger partial charge in [-0.25, -0.2) is 8.78 Å². The molecule has 1 atom stereocenters. The monoisotopic (exact) mass is 419 g/mol.